The van der Waals surface area contributed by atoms with Crippen LogP contribution >= 0.6 is 0 Å². The lowest BCUT2D eigenvalue weighted by atomic mass is 10.2. The van der Waals surface area contributed by atoms with E-state index in [1.165, 1.54) is 0 Å². The molecule has 104 valence electrons. The normalized spacial score (nSPS) is 10.3. The minimum Gasteiger partial charge on any atom is -0.307 e. The van der Waals surface area contributed by atoms with Crippen LogP contribution in [0.15, 0.2) is 42.7 Å². The van der Waals surface area contributed by atoms with Crippen LogP contribution < -0.4 is 4.90 Å². The molecule has 0 aliphatic rings. The van der Waals surface area contributed by atoms with E-state index in [2.05, 4.69) is 16.9 Å². The topological polar surface area (TPSA) is 46.1 Å². The third kappa shape index (κ3) is 3.41. The van der Waals surface area contributed by atoms with Gasteiger partial charge in [0.25, 0.3) is 5.91 Å². The molecule has 4 heteroatoms. The molecule has 0 aliphatic heterocycles. The average molecular weight is 269 g/mol. The number of hydrogen-bond acceptors (Lipinski definition) is 3. The number of carbonyl (C=O) groups is 1. The molecule has 0 saturated carbocycles. The Morgan fingerprint density at radius 3 is 2.50 bits per heavy atom. The van der Waals surface area contributed by atoms with E-state index >= 15 is 0 Å². The van der Waals surface area contributed by atoms with Gasteiger partial charge in [-0.3, -0.25) is 9.78 Å². The number of unbranched alkanes of at least 4 members (excludes halogenated alkanes) is 1. The number of benzene rings is 1. The molecule has 1 amide bonds. The fourth-order valence-electron chi connectivity index (χ4n) is 1.91. The van der Waals surface area contributed by atoms with Gasteiger partial charge < -0.3 is 4.90 Å². The number of rotatable bonds is 5. The first kappa shape index (κ1) is 14.2. The molecule has 0 radical (unpaired) electrons. The summed E-state index contributed by atoms with van der Waals surface area (Å²) >= 11 is 0. The van der Waals surface area contributed by atoms with Crippen molar-refractivity contribution >= 4 is 11.6 Å². The molecule has 0 aliphatic carbocycles. The van der Waals surface area contributed by atoms with Gasteiger partial charge in [0.2, 0.25) is 0 Å². The minimum absolute atomic E-state index is 0.0999. The van der Waals surface area contributed by atoms with Crippen LogP contribution in [0.3, 0.4) is 0 Å². The fourth-order valence-corrected chi connectivity index (χ4v) is 1.91. The Labute approximate surface area is 119 Å². The van der Waals surface area contributed by atoms with Crippen molar-refractivity contribution in [2.24, 2.45) is 0 Å². The largest absolute Gasteiger partial charge is 0.307 e. The quantitative estimate of drug-likeness (QED) is 0.837. The Bertz CT molecular complexity index is 552. The van der Waals surface area contributed by atoms with Gasteiger partial charge in [-0.2, -0.15) is 0 Å². The summed E-state index contributed by atoms with van der Waals surface area (Å²) in [5.41, 5.74) is 2.09. The number of para-hydroxylation sites is 1. The molecule has 20 heavy (non-hydrogen) atoms. The van der Waals surface area contributed by atoms with E-state index in [1.54, 1.807) is 17.3 Å². The third-order valence-electron chi connectivity index (χ3n) is 3.05. The van der Waals surface area contributed by atoms with E-state index < -0.39 is 0 Å². The third-order valence-corrected chi connectivity index (χ3v) is 3.05. The number of hydrogen-bond donors (Lipinski definition) is 0. The van der Waals surface area contributed by atoms with Crippen molar-refractivity contribution in [2.75, 3.05) is 11.4 Å². The molecule has 1 heterocycles. The van der Waals surface area contributed by atoms with Crippen molar-refractivity contribution in [3.8, 4) is 0 Å². The van der Waals surface area contributed by atoms with Crippen molar-refractivity contribution in [3.63, 3.8) is 0 Å². The van der Waals surface area contributed by atoms with Gasteiger partial charge in [0.1, 0.15) is 5.69 Å². The molecule has 1 aromatic heterocycles. The van der Waals surface area contributed by atoms with Crippen LogP contribution in [0.1, 0.15) is 35.9 Å². The Balaban J connectivity index is 2.26. The second kappa shape index (κ2) is 6.80. The first-order valence-electron chi connectivity index (χ1n) is 6.88. The first-order valence-corrected chi connectivity index (χ1v) is 6.88. The van der Waals surface area contributed by atoms with Gasteiger partial charge in [-0.1, -0.05) is 31.5 Å². The molecule has 2 aromatic rings. The van der Waals surface area contributed by atoms with Gasteiger partial charge in [0, 0.05) is 18.4 Å². The molecule has 1 aromatic carbocycles. The van der Waals surface area contributed by atoms with Crippen molar-refractivity contribution in [3.05, 3.63) is 54.1 Å². The van der Waals surface area contributed by atoms with Crippen molar-refractivity contribution in [1.82, 2.24) is 9.97 Å². The molecule has 0 spiro atoms. The number of aromatic nitrogens is 2. The predicted octanol–water partition coefficient (Wildman–Crippen LogP) is 3.23. The summed E-state index contributed by atoms with van der Waals surface area (Å²) in [4.78, 5) is 22.7. The average Bonchev–Trinajstić information content (AvgIpc) is 2.49. The maximum absolute atomic E-state index is 12.6. The Morgan fingerprint density at radius 2 is 1.90 bits per heavy atom. The molecule has 0 fully saturated rings. The van der Waals surface area contributed by atoms with E-state index in [-0.39, 0.29) is 5.91 Å². The lowest BCUT2D eigenvalue weighted by Crippen LogP contribution is -2.32. The highest BCUT2D eigenvalue weighted by molar-refractivity contribution is 6.04. The number of anilines is 1. The van der Waals surface area contributed by atoms with Crippen molar-refractivity contribution in [2.45, 2.75) is 26.7 Å². The van der Waals surface area contributed by atoms with Crippen LogP contribution in [-0.4, -0.2) is 22.4 Å². The zero-order chi connectivity index (χ0) is 14.4. The predicted molar refractivity (Wildman–Crippen MR) is 79.8 cm³/mol. The smallest absolute Gasteiger partial charge is 0.278 e. The lowest BCUT2D eigenvalue weighted by molar-refractivity contribution is 0.0981. The minimum atomic E-state index is -0.0999. The second-order valence-corrected chi connectivity index (χ2v) is 4.69. The Kier molecular flexibility index (Phi) is 4.82. The molecular weight excluding hydrogens is 250 g/mol. The van der Waals surface area contributed by atoms with Crippen molar-refractivity contribution in [1.29, 1.82) is 0 Å². The highest BCUT2D eigenvalue weighted by Crippen LogP contribution is 2.16. The fraction of sp³-hybridized carbons (Fsp3) is 0.312. The first-order chi connectivity index (χ1) is 9.72. The second-order valence-electron chi connectivity index (χ2n) is 4.69. The standard InChI is InChI=1S/C16H19N3O/c1-3-4-10-19(14-8-6-5-7-9-14)16(20)15-12-17-13(2)11-18-15/h5-9,11-12H,3-4,10H2,1-2H3. The number of amides is 1. The van der Waals surface area contributed by atoms with Gasteiger partial charge in [-0.05, 0) is 25.5 Å². The lowest BCUT2D eigenvalue weighted by Gasteiger charge is -2.22. The van der Waals surface area contributed by atoms with Crippen LogP contribution in [0.25, 0.3) is 0 Å². The summed E-state index contributed by atoms with van der Waals surface area (Å²) in [6.07, 6.45) is 5.16. The number of nitrogens with zero attached hydrogens (tertiary/aromatic N) is 3. The van der Waals surface area contributed by atoms with Gasteiger partial charge >= 0.3 is 0 Å². The summed E-state index contributed by atoms with van der Waals surface area (Å²) in [7, 11) is 0. The van der Waals surface area contributed by atoms with Gasteiger partial charge in [-0.15, -0.1) is 0 Å². The SMILES string of the molecule is CCCCN(C(=O)c1cnc(C)cn1)c1ccccc1. The summed E-state index contributed by atoms with van der Waals surface area (Å²) < 4.78 is 0. The molecular formula is C16H19N3O. The van der Waals surface area contributed by atoms with E-state index in [1.807, 2.05) is 37.3 Å². The molecule has 0 bridgehead atoms. The molecule has 0 N–H and O–H groups in total. The molecule has 0 atom stereocenters. The zero-order valence-electron chi connectivity index (χ0n) is 11.9. The van der Waals surface area contributed by atoms with Crippen LogP contribution in [0.4, 0.5) is 5.69 Å². The summed E-state index contributed by atoms with van der Waals surface area (Å²) in [6, 6.07) is 9.69. The number of aryl methyl sites for hydroxylation is 1. The molecule has 4 nitrogen and oxygen atoms in total. The van der Waals surface area contributed by atoms with Crippen LogP contribution in [0.5, 0.6) is 0 Å². The summed E-state index contributed by atoms with van der Waals surface area (Å²) in [5.74, 6) is -0.0999. The van der Waals surface area contributed by atoms with Crippen LogP contribution in [-0.2, 0) is 0 Å². The summed E-state index contributed by atoms with van der Waals surface area (Å²) in [5, 5.41) is 0. The zero-order valence-corrected chi connectivity index (χ0v) is 11.9. The van der Waals surface area contributed by atoms with E-state index in [9.17, 15) is 4.79 Å². The number of carbonyl (C=O) groups excluding carboxylic acids is 1. The Morgan fingerprint density at radius 1 is 1.15 bits per heavy atom. The van der Waals surface area contributed by atoms with E-state index in [4.69, 9.17) is 0 Å². The van der Waals surface area contributed by atoms with E-state index in [0.717, 1.165) is 24.2 Å². The van der Waals surface area contributed by atoms with Crippen LogP contribution in [0, 0.1) is 6.92 Å². The van der Waals surface area contributed by atoms with Gasteiger partial charge in [0.05, 0.1) is 11.9 Å². The van der Waals surface area contributed by atoms with Crippen LogP contribution in [0.2, 0.25) is 0 Å². The Hall–Kier alpha value is -2.23. The monoisotopic (exact) mass is 269 g/mol. The highest BCUT2D eigenvalue weighted by atomic mass is 16.2. The van der Waals surface area contributed by atoms with Crippen molar-refractivity contribution < 1.29 is 4.79 Å². The maximum Gasteiger partial charge on any atom is 0.278 e. The highest BCUT2D eigenvalue weighted by Gasteiger charge is 2.18. The van der Waals surface area contributed by atoms with Gasteiger partial charge in [0.15, 0.2) is 0 Å². The molecule has 0 unspecified atom stereocenters. The van der Waals surface area contributed by atoms with E-state index in [0.29, 0.717) is 12.2 Å². The molecule has 0 saturated heterocycles. The molecule has 2 rings (SSSR count). The maximum atomic E-state index is 12.6. The summed E-state index contributed by atoms with van der Waals surface area (Å²) in [6.45, 7) is 4.65. The van der Waals surface area contributed by atoms with Gasteiger partial charge in [-0.25, -0.2) is 4.98 Å².